The van der Waals surface area contributed by atoms with Crippen LogP contribution in [0.3, 0.4) is 0 Å². The van der Waals surface area contributed by atoms with Crippen molar-refractivity contribution in [1.29, 1.82) is 0 Å². The van der Waals surface area contributed by atoms with E-state index in [0.29, 0.717) is 0 Å². The van der Waals surface area contributed by atoms with Crippen LogP contribution in [0.1, 0.15) is 38.9 Å². The van der Waals surface area contributed by atoms with Gasteiger partial charge in [-0.2, -0.15) is 0 Å². The Morgan fingerprint density at radius 1 is 1.50 bits per heavy atom. The Hall–Kier alpha value is -1.64. The number of alkyl carbamates (subject to hydrolysis) is 1. The number of rotatable bonds is 5. The van der Waals surface area contributed by atoms with E-state index in [1.54, 1.807) is 20.8 Å². The highest BCUT2D eigenvalue weighted by Gasteiger charge is 2.22. The number of anilines is 1. The molecule has 9 heteroatoms. The van der Waals surface area contributed by atoms with Gasteiger partial charge in [0.25, 0.3) is 0 Å². The Morgan fingerprint density at radius 2 is 2.14 bits per heavy atom. The summed E-state index contributed by atoms with van der Waals surface area (Å²) in [6.45, 7) is 5.36. The molecule has 1 rings (SSSR count). The number of carbonyl (C=O) groups excluding carboxylic acids is 1. The predicted molar refractivity (Wildman–Crippen MR) is 81.3 cm³/mol. The third kappa shape index (κ3) is 6.00. The van der Waals surface area contributed by atoms with E-state index in [-0.39, 0.29) is 29.6 Å². The van der Waals surface area contributed by atoms with Crippen molar-refractivity contribution in [2.24, 2.45) is 0 Å². The number of nitrogens with one attached hydrogen (secondary N) is 1. The lowest BCUT2D eigenvalue weighted by molar-refractivity contribution is 0.0123. The molecule has 0 radical (unpaired) electrons. The lowest BCUT2D eigenvalue weighted by Gasteiger charge is -2.21. The number of hydrogen-bond donors (Lipinski definition) is 4. The van der Waals surface area contributed by atoms with Crippen LogP contribution in [-0.4, -0.2) is 44.5 Å². The summed E-state index contributed by atoms with van der Waals surface area (Å²) in [5.74, 6) is -0.00773. The maximum atomic E-state index is 11.4. The Kier molecular flexibility index (Phi) is 6.34. The van der Waals surface area contributed by atoms with Gasteiger partial charge in [-0.05, 0) is 38.8 Å². The molecule has 2 unspecified atom stereocenters. The molecule has 0 saturated carbocycles. The van der Waals surface area contributed by atoms with E-state index in [2.05, 4.69) is 15.3 Å². The highest BCUT2D eigenvalue weighted by molar-refractivity contribution is 6.28. The summed E-state index contributed by atoms with van der Waals surface area (Å²) < 4.78 is 5.05. The first kappa shape index (κ1) is 18.4. The molecule has 0 saturated heterocycles. The lowest BCUT2D eigenvalue weighted by Crippen LogP contribution is -2.34. The normalized spacial score (nSPS) is 14.3. The number of amides is 1. The number of halogens is 1. The second-order valence-corrected chi connectivity index (χ2v) is 6.05. The molecular weight excluding hydrogens is 312 g/mol. The number of nitrogen functional groups attached to an aromatic ring is 1. The summed E-state index contributed by atoms with van der Waals surface area (Å²) in [5.41, 5.74) is 5.19. The predicted octanol–water partition coefficient (Wildman–Crippen LogP) is 1.02. The first-order chi connectivity index (χ1) is 10.1. The van der Waals surface area contributed by atoms with Crippen LogP contribution in [0.4, 0.5) is 10.6 Å². The molecule has 2 atom stereocenters. The van der Waals surface area contributed by atoms with Crippen LogP contribution in [-0.2, 0) is 4.74 Å². The van der Waals surface area contributed by atoms with Crippen molar-refractivity contribution in [2.45, 2.75) is 45.0 Å². The summed E-state index contributed by atoms with van der Waals surface area (Å²) in [5, 5.41) is 22.4. The van der Waals surface area contributed by atoms with Crippen LogP contribution in [0.2, 0.25) is 5.28 Å². The van der Waals surface area contributed by atoms with Crippen molar-refractivity contribution in [3.8, 4) is 0 Å². The minimum absolute atomic E-state index is 0.00773. The number of hydrogen-bond acceptors (Lipinski definition) is 7. The zero-order valence-corrected chi connectivity index (χ0v) is 13.5. The second-order valence-electron chi connectivity index (χ2n) is 5.71. The molecule has 22 heavy (non-hydrogen) atoms. The molecule has 1 aromatic rings. The fourth-order valence-corrected chi connectivity index (χ4v) is 1.75. The van der Waals surface area contributed by atoms with Crippen LogP contribution in [0.15, 0.2) is 6.20 Å². The number of aromatic nitrogens is 2. The highest BCUT2D eigenvalue weighted by atomic mass is 35.5. The van der Waals surface area contributed by atoms with Gasteiger partial charge in [-0.15, -0.1) is 0 Å². The molecule has 5 N–H and O–H groups in total. The third-order valence-corrected chi connectivity index (χ3v) is 2.79. The van der Waals surface area contributed by atoms with Crippen LogP contribution in [0, 0.1) is 0 Å². The third-order valence-electron chi connectivity index (χ3n) is 2.61. The quantitative estimate of drug-likeness (QED) is 0.592. The molecule has 0 aliphatic heterocycles. The second kappa shape index (κ2) is 7.57. The molecule has 0 aliphatic carbocycles. The van der Waals surface area contributed by atoms with Gasteiger partial charge >= 0.3 is 6.09 Å². The van der Waals surface area contributed by atoms with E-state index in [1.165, 1.54) is 6.20 Å². The summed E-state index contributed by atoms with van der Waals surface area (Å²) >= 11 is 5.56. The molecule has 1 aromatic heterocycles. The van der Waals surface area contributed by atoms with Gasteiger partial charge in [-0.1, -0.05) is 0 Å². The van der Waals surface area contributed by atoms with Gasteiger partial charge in [0.1, 0.15) is 17.5 Å². The fraction of sp³-hybridized carbons (Fsp3) is 0.615. The van der Waals surface area contributed by atoms with Crippen LogP contribution in [0.25, 0.3) is 0 Å². The largest absolute Gasteiger partial charge is 0.444 e. The molecular formula is C13H21ClN4O4. The van der Waals surface area contributed by atoms with Crippen LogP contribution < -0.4 is 11.1 Å². The Morgan fingerprint density at radius 3 is 2.68 bits per heavy atom. The Balaban J connectivity index is 2.48. The molecule has 0 aromatic carbocycles. The van der Waals surface area contributed by atoms with Gasteiger partial charge in [-0.25, -0.2) is 14.8 Å². The van der Waals surface area contributed by atoms with Gasteiger partial charge in [0.2, 0.25) is 5.28 Å². The molecule has 0 aliphatic rings. The first-order valence-electron chi connectivity index (χ1n) is 6.71. The Bertz CT molecular complexity index is 521. The van der Waals surface area contributed by atoms with Crippen molar-refractivity contribution in [2.75, 3.05) is 12.3 Å². The smallest absolute Gasteiger partial charge is 0.407 e. The zero-order valence-electron chi connectivity index (χ0n) is 12.7. The molecule has 124 valence electrons. The van der Waals surface area contributed by atoms with E-state index >= 15 is 0 Å². The van der Waals surface area contributed by atoms with Gasteiger partial charge in [0.05, 0.1) is 6.10 Å². The van der Waals surface area contributed by atoms with E-state index in [1.807, 2.05) is 0 Å². The zero-order chi connectivity index (χ0) is 16.9. The average molecular weight is 333 g/mol. The molecule has 1 heterocycles. The Labute approximate surface area is 133 Å². The van der Waals surface area contributed by atoms with Crippen molar-refractivity contribution in [3.05, 3.63) is 17.0 Å². The number of carbonyl (C=O) groups is 1. The van der Waals surface area contributed by atoms with Gasteiger partial charge < -0.3 is 26.0 Å². The summed E-state index contributed by atoms with van der Waals surface area (Å²) in [6, 6.07) is 0. The molecule has 8 nitrogen and oxygen atoms in total. The van der Waals surface area contributed by atoms with E-state index in [0.717, 1.165) is 0 Å². The van der Waals surface area contributed by atoms with Gasteiger partial charge in [-0.3, -0.25) is 0 Å². The molecule has 0 bridgehead atoms. The number of aliphatic hydroxyl groups excluding tert-OH is 2. The monoisotopic (exact) mass is 332 g/mol. The lowest BCUT2D eigenvalue weighted by atomic mass is 10.0. The molecule has 0 spiro atoms. The van der Waals surface area contributed by atoms with Crippen LogP contribution >= 0.6 is 11.6 Å². The summed E-state index contributed by atoms with van der Waals surface area (Å²) in [6.07, 6.45) is -1.68. The van der Waals surface area contributed by atoms with Crippen molar-refractivity contribution >= 4 is 23.5 Å². The standard InChI is InChI=1S/C13H21ClN4O4/c1-13(2,3)22-12(21)16-5-4-8(19)9(20)7-6-17-11(14)18-10(7)15/h6,8-9,19-20H,4-5H2,1-3H3,(H,16,21)(H2,15,17,18). The van der Waals surface area contributed by atoms with Gasteiger partial charge in [0.15, 0.2) is 0 Å². The minimum Gasteiger partial charge on any atom is -0.444 e. The van der Waals surface area contributed by atoms with Crippen molar-refractivity contribution < 1.29 is 19.7 Å². The van der Waals surface area contributed by atoms with E-state index < -0.39 is 23.9 Å². The summed E-state index contributed by atoms with van der Waals surface area (Å²) in [4.78, 5) is 18.8. The summed E-state index contributed by atoms with van der Waals surface area (Å²) in [7, 11) is 0. The average Bonchev–Trinajstić information content (AvgIpc) is 2.35. The minimum atomic E-state index is -1.28. The molecule has 0 fully saturated rings. The van der Waals surface area contributed by atoms with Crippen molar-refractivity contribution in [1.82, 2.24) is 15.3 Å². The number of aliphatic hydroxyl groups is 2. The maximum Gasteiger partial charge on any atom is 0.407 e. The van der Waals surface area contributed by atoms with Crippen LogP contribution in [0.5, 0.6) is 0 Å². The first-order valence-corrected chi connectivity index (χ1v) is 7.09. The van der Waals surface area contributed by atoms with E-state index in [4.69, 9.17) is 22.1 Å². The van der Waals surface area contributed by atoms with Gasteiger partial charge in [0, 0.05) is 18.3 Å². The highest BCUT2D eigenvalue weighted by Crippen LogP contribution is 2.23. The van der Waals surface area contributed by atoms with Crippen molar-refractivity contribution in [3.63, 3.8) is 0 Å². The fourth-order valence-electron chi connectivity index (χ4n) is 1.61. The maximum absolute atomic E-state index is 11.4. The number of nitrogens with two attached hydrogens (primary N) is 1. The molecule has 1 amide bonds. The SMILES string of the molecule is CC(C)(C)OC(=O)NCCC(O)C(O)c1cnc(Cl)nc1N. The van der Waals surface area contributed by atoms with E-state index in [9.17, 15) is 15.0 Å². The number of ether oxygens (including phenoxy) is 1. The topological polar surface area (TPSA) is 131 Å². The number of nitrogens with zero attached hydrogens (tertiary/aromatic N) is 2.